The normalized spacial score (nSPS) is 10.4. The van der Waals surface area contributed by atoms with Crippen LogP contribution in [-0.2, 0) is 6.42 Å². The lowest BCUT2D eigenvalue weighted by Crippen LogP contribution is -2.02. The van der Waals surface area contributed by atoms with Crippen molar-refractivity contribution in [1.82, 2.24) is 4.98 Å². The highest BCUT2D eigenvalue weighted by atomic mass is 32.1. The van der Waals surface area contributed by atoms with Crippen molar-refractivity contribution in [2.75, 3.05) is 0 Å². The van der Waals surface area contributed by atoms with Crippen LogP contribution in [0.2, 0.25) is 0 Å². The molecule has 2 rings (SSSR count). The number of hydrogen-bond donors (Lipinski definition) is 0. The second-order valence-electron chi connectivity index (χ2n) is 3.41. The minimum atomic E-state index is -2.81. The fraction of sp³-hybridized carbons (Fsp3) is 0.462. The molecule has 0 aliphatic carbocycles. The van der Waals surface area contributed by atoms with Gasteiger partial charge in [-0.1, -0.05) is 20.8 Å². The van der Waals surface area contributed by atoms with E-state index in [1.807, 2.05) is 33.8 Å². The number of hydrogen-bond acceptors (Lipinski definition) is 3. The quantitative estimate of drug-likeness (QED) is 0.801. The molecule has 0 aliphatic rings. The molecule has 0 spiro atoms. The molecule has 1 heterocycles. The Kier molecular flexibility index (Phi) is 5.47. The van der Waals surface area contributed by atoms with E-state index >= 15 is 0 Å². The van der Waals surface area contributed by atoms with Gasteiger partial charge in [0.25, 0.3) is 0 Å². The first-order valence-corrected chi connectivity index (χ1v) is 6.76. The van der Waals surface area contributed by atoms with E-state index in [1.54, 1.807) is 6.07 Å². The number of ether oxygens (including phenoxy) is 1. The maximum absolute atomic E-state index is 12.2. The zero-order valence-corrected chi connectivity index (χ0v) is 11.8. The van der Waals surface area contributed by atoms with Crippen LogP contribution in [0.4, 0.5) is 8.78 Å². The van der Waals surface area contributed by atoms with Crippen molar-refractivity contribution in [3.63, 3.8) is 0 Å². The second-order valence-corrected chi connectivity index (χ2v) is 4.64. The molecular weight excluding hydrogens is 256 g/mol. The van der Waals surface area contributed by atoms with Crippen molar-refractivity contribution in [2.24, 2.45) is 0 Å². The van der Waals surface area contributed by atoms with Crippen molar-refractivity contribution >= 4 is 21.6 Å². The van der Waals surface area contributed by atoms with Gasteiger partial charge in [0.05, 0.1) is 9.71 Å². The number of alkyl halides is 2. The zero-order chi connectivity index (χ0) is 13.7. The molecule has 0 amide bonds. The summed E-state index contributed by atoms with van der Waals surface area (Å²) in [6, 6.07) is 3.60. The van der Waals surface area contributed by atoms with E-state index in [4.69, 9.17) is 0 Å². The fourth-order valence-corrected chi connectivity index (χ4v) is 2.46. The van der Waals surface area contributed by atoms with Gasteiger partial charge in [-0.05, 0) is 31.0 Å². The van der Waals surface area contributed by atoms with Gasteiger partial charge in [-0.3, -0.25) is 0 Å². The van der Waals surface area contributed by atoms with Crippen LogP contribution in [0, 0.1) is 6.92 Å². The minimum absolute atomic E-state index is 0.175. The molecule has 0 saturated carbocycles. The standard InChI is InChI=1S/C11H11F2NOS.C2H6/c1-3-7-4-8(15-11(12)13)10-9(5-7)16-6(2)14-10;1-2/h4-5,11H,3H2,1-2H3;1-2H3. The monoisotopic (exact) mass is 273 g/mol. The number of nitrogens with zero attached hydrogens (tertiary/aromatic N) is 1. The summed E-state index contributed by atoms with van der Waals surface area (Å²) in [7, 11) is 0. The van der Waals surface area contributed by atoms with Crippen LogP contribution in [0.25, 0.3) is 10.2 Å². The highest BCUT2D eigenvalue weighted by Gasteiger charge is 2.13. The van der Waals surface area contributed by atoms with Crippen molar-refractivity contribution in [1.29, 1.82) is 0 Å². The van der Waals surface area contributed by atoms with Gasteiger partial charge in [0.1, 0.15) is 5.52 Å². The predicted octanol–water partition coefficient (Wildman–Crippen LogP) is 4.79. The molecule has 2 aromatic rings. The first-order chi connectivity index (χ1) is 8.60. The number of aryl methyl sites for hydroxylation is 2. The highest BCUT2D eigenvalue weighted by Crippen LogP contribution is 2.32. The summed E-state index contributed by atoms with van der Waals surface area (Å²) in [5.74, 6) is 0.175. The van der Waals surface area contributed by atoms with Gasteiger partial charge in [0.2, 0.25) is 0 Å². The molecule has 1 aromatic heterocycles. The van der Waals surface area contributed by atoms with Crippen LogP contribution in [-0.4, -0.2) is 11.6 Å². The van der Waals surface area contributed by atoms with Crippen LogP contribution in [0.15, 0.2) is 12.1 Å². The maximum Gasteiger partial charge on any atom is 0.387 e. The lowest BCUT2D eigenvalue weighted by atomic mass is 10.1. The molecule has 1 aromatic carbocycles. The average Bonchev–Trinajstić information content (AvgIpc) is 2.71. The highest BCUT2D eigenvalue weighted by molar-refractivity contribution is 7.18. The van der Waals surface area contributed by atoms with Gasteiger partial charge >= 0.3 is 6.61 Å². The van der Waals surface area contributed by atoms with E-state index in [1.165, 1.54) is 11.3 Å². The molecule has 0 saturated heterocycles. The third-order valence-corrected chi connectivity index (χ3v) is 3.17. The lowest BCUT2D eigenvalue weighted by molar-refractivity contribution is -0.0489. The Bertz CT molecular complexity index is 511. The fourth-order valence-electron chi connectivity index (χ4n) is 1.55. The maximum atomic E-state index is 12.2. The summed E-state index contributed by atoms with van der Waals surface area (Å²) in [6.45, 7) is 5.02. The van der Waals surface area contributed by atoms with E-state index in [-0.39, 0.29) is 5.75 Å². The molecule has 0 aliphatic heterocycles. The van der Waals surface area contributed by atoms with E-state index in [2.05, 4.69) is 9.72 Å². The summed E-state index contributed by atoms with van der Waals surface area (Å²) in [5.41, 5.74) is 1.51. The molecule has 2 nitrogen and oxygen atoms in total. The molecule has 0 fully saturated rings. The largest absolute Gasteiger partial charge is 0.432 e. The Morgan fingerprint density at radius 1 is 1.33 bits per heavy atom. The van der Waals surface area contributed by atoms with Crippen molar-refractivity contribution in [3.8, 4) is 5.75 Å². The molecular formula is C13H17F2NOS. The van der Waals surface area contributed by atoms with Gasteiger partial charge in [-0.2, -0.15) is 8.78 Å². The van der Waals surface area contributed by atoms with Crippen LogP contribution in [0.3, 0.4) is 0 Å². The van der Waals surface area contributed by atoms with Gasteiger partial charge in [-0.25, -0.2) is 4.98 Å². The van der Waals surface area contributed by atoms with Gasteiger partial charge in [-0.15, -0.1) is 11.3 Å². The number of benzene rings is 1. The predicted molar refractivity (Wildman–Crippen MR) is 71.7 cm³/mol. The number of fused-ring (bicyclic) bond motifs is 1. The summed E-state index contributed by atoms with van der Waals surface area (Å²) in [6.07, 6.45) is 0.784. The second kappa shape index (κ2) is 6.64. The van der Waals surface area contributed by atoms with Crippen LogP contribution < -0.4 is 4.74 Å². The third kappa shape index (κ3) is 3.38. The number of thiazole rings is 1. The van der Waals surface area contributed by atoms with Crippen LogP contribution >= 0.6 is 11.3 Å². The summed E-state index contributed by atoms with van der Waals surface area (Å²) in [4.78, 5) is 4.20. The van der Waals surface area contributed by atoms with Crippen LogP contribution in [0.1, 0.15) is 31.3 Å². The summed E-state index contributed by atoms with van der Waals surface area (Å²) >= 11 is 1.49. The van der Waals surface area contributed by atoms with E-state index in [9.17, 15) is 8.78 Å². The van der Waals surface area contributed by atoms with E-state index < -0.39 is 6.61 Å². The molecule has 0 N–H and O–H groups in total. The van der Waals surface area contributed by atoms with Crippen molar-refractivity contribution in [2.45, 2.75) is 40.7 Å². The molecule has 0 unspecified atom stereocenters. The van der Waals surface area contributed by atoms with E-state index in [0.717, 1.165) is 21.7 Å². The first kappa shape index (κ1) is 14.8. The number of halogens is 2. The topological polar surface area (TPSA) is 22.1 Å². The smallest absolute Gasteiger partial charge is 0.387 e. The Balaban J connectivity index is 0.000000771. The molecule has 0 bridgehead atoms. The minimum Gasteiger partial charge on any atom is -0.432 e. The Labute approximate surface area is 110 Å². The average molecular weight is 273 g/mol. The molecule has 100 valence electrons. The van der Waals surface area contributed by atoms with Gasteiger partial charge in [0, 0.05) is 0 Å². The lowest BCUT2D eigenvalue weighted by Gasteiger charge is -2.06. The molecule has 18 heavy (non-hydrogen) atoms. The third-order valence-electron chi connectivity index (χ3n) is 2.25. The van der Waals surface area contributed by atoms with E-state index in [0.29, 0.717) is 5.52 Å². The SMILES string of the molecule is CC.CCc1cc(OC(F)F)c2nc(C)sc2c1. The zero-order valence-electron chi connectivity index (χ0n) is 11.0. The van der Waals surface area contributed by atoms with Crippen molar-refractivity contribution in [3.05, 3.63) is 22.7 Å². The first-order valence-electron chi connectivity index (χ1n) is 5.95. The summed E-state index contributed by atoms with van der Waals surface area (Å²) in [5, 5.41) is 0.849. The Hall–Kier alpha value is -1.23. The molecule has 0 radical (unpaired) electrons. The number of rotatable bonds is 3. The molecule has 5 heteroatoms. The van der Waals surface area contributed by atoms with Crippen LogP contribution in [0.5, 0.6) is 5.75 Å². The van der Waals surface area contributed by atoms with Crippen molar-refractivity contribution < 1.29 is 13.5 Å². The Morgan fingerprint density at radius 3 is 2.56 bits per heavy atom. The van der Waals surface area contributed by atoms with Gasteiger partial charge in [0.15, 0.2) is 5.75 Å². The summed E-state index contributed by atoms with van der Waals surface area (Å²) < 4.78 is 29.9. The molecule has 0 atom stereocenters. The van der Waals surface area contributed by atoms with Gasteiger partial charge < -0.3 is 4.74 Å². The Morgan fingerprint density at radius 2 is 2.00 bits per heavy atom. The number of aromatic nitrogens is 1.